The van der Waals surface area contributed by atoms with Crippen LogP contribution in [-0.4, -0.2) is 43.3 Å². The van der Waals surface area contributed by atoms with Crippen molar-refractivity contribution in [1.82, 2.24) is 25.4 Å². The predicted octanol–water partition coefficient (Wildman–Crippen LogP) is 2.88. The molecule has 1 atom stereocenters. The summed E-state index contributed by atoms with van der Waals surface area (Å²) in [5.41, 5.74) is 4.59. The Hall–Kier alpha value is -2.91. The third-order valence-electron chi connectivity index (χ3n) is 4.37. The van der Waals surface area contributed by atoms with Gasteiger partial charge in [-0.15, -0.1) is 11.8 Å². The van der Waals surface area contributed by atoms with E-state index in [-0.39, 0.29) is 41.5 Å². The number of rotatable bonds is 6. The Kier molecular flexibility index (Phi) is 5.50. The lowest BCUT2D eigenvalue weighted by atomic mass is 10.2. The maximum absolute atomic E-state index is 12.4. The summed E-state index contributed by atoms with van der Waals surface area (Å²) < 4.78 is 0. The van der Waals surface area contributed by atoms with E-state index < -0.39 is 5.91 Å². The maximum Gasteiger partial charge on any atom is 0.252 e. The van der Waals surface area contributed by atoms with Crippen LogP contribution in [0.2, 0.25) is 5.02 Å². The highest BCUT2D eigenvalue weighted by atomic mass is 35.5. The fraction of sp³-hybridized carbons (Fsp3) is 0.211. The molecule has 1 fully saturated rings. The van der Waals surface area contributed by atoms with E-state index in [9.17, 15) is 14.4 Å². The van der Waals surface area contributed by atoms with Gasteiger partial charge in [0.25, 0.3) is 5.91 Å². The number of benzene rings is 1. The van der Waals surface area contributed by atoms with Crippen molar-refractivity contribution in [3.63, 3.8) is 0 Å². The highest BCUT2D eigenvalue weighted by molar-refractivity contribution is 8.00. The van der Waals surface area contributed by atoms with Crippen molar-refractivity contribution in [3.05, 3.63) is 59.0 Å². The lowest BCUT2D eigenvalue weighted by Gasteiger charge is -2.24. The summed E-state index contributed by atoms with van der Waals surface area (Å²) in [6.45, 7) is 0. The number of thioether (sulfide) groups is 1. The summed E-state index contributed by atoms with van der Waals surface area (Å²) in [7, 11) is 0. The Labute approximate surface area is 175 Å². The van der Waals surface area contributed by atoms with Crippen LogP contribution in [0.15, 0.2) is 42.6 Å². The van der Waals surface area contributed by atoms with Crippen LogP contribution in [0.1, 0.15) is 34.4 Å². The van der Waals surface area contributed by atoms with Gasteiger partial charge in [0.2, 0.25) is 5.91 Å². The molecule has 148 valence electrons. The van der Waals surface area contributed by atoms with Crippen LogP contribution in [0, 0.1) is 0 Å². The van der Waals surface area contributed by atoms with E-state index in [1.807, 2.05) is 12.1 Å². The molecule has 0 bridgehead atoms. The Morgan fingerprint density at radius 1 is 1.24 bits per heavy atom. The van der Waals surface area contributed by atoms with Crippen molar-refractivity contribution >= 4 is 52.1 Å². The van der Waals surface area contributed by atoms with E-state index in [2.05, 4.69) is 20.4 Å². The van der Waals surface area contributed by atoms with Crippen molar-refractivity contribution in [3.8, 4) is 0 Å². The van der Waals surface area contributed by atoms with Crippen LogP contribution < -0.4 is 5.43 Å². The predicted molar refractivity (Wildman–Crippen MR) is 109 cm³/mol. The van der Waals surface area contributed by atoms with E-state index in [4.69, 9.17) is 11.6 Å². The highest BCUT2D eigenvalue weighted by Gasteiger charge is 2.34. The Balaban J connectivity index is 1.37. The first-order valence-electron chi connectivity index (χ1n) is 8.84. The average Bonchev–Trinajstić information content (AvgIpc) is 3.31. The molecule has 1 aromatic carbocycles. The molecule has 2 amide bonds. The monoisotopic (exact) mass is 429 g/mol. The molecule has 1 saturated heterocycles. The molecule has 8 nitrogen and oxygen atoms in total. The number of nitrogens with zero attached hydrogens (tertiary/aromatic N) is 3. The van der Waals surface area contributed by atoms with Gasteiger partial charge >= 0.3 is 0 Å². The number of ketones is 1. The Morgan fingerprint density at radius 3 is 2.79 bits per heavy atom. The van der Waals surface area contributed by atoms with E-state index >= 15 is 0 Å². The quantitative estimate of drug-likeness (QED) is 0.583. The normalized spacial score (nSPS) is 16.4. The summed E-state index contributed by atoms with van der Waals surface area (Å²) in [5.74, 6) is -0.480. The Bertz CT molecular complexity index is 1050. The van der Waals surface area contributed by atoms with Crippen molar-refractivity contribution in [2.45, 2.75) is 18.2 Å². The molecule has 2 N–H and O–H groups in total. The second kappa shape index (κ2) is 8.22. The van der Waals surface area contributed by atoms with Crippen molar-refractivity contribution in [1.29, 1.82) is 0 Å². The zero-order chi connectivity index (χ0) is 20.4. The molecule has 10 heteroatoms. The largest absolute Gasteiger partial charge is 0.334 e. The maximum atomic E-state index is 12.4. The third-order valence-corrected chi connectivity index (χ3v) is 5.83. The number of aromatic amines is 1. The number of hydrogen-bond donors (Lipinski definition) is 2. The van der Waals surface area contributed by atoms with Gasteiger partial charge in [-0.3, -0.25) is 19.8 Å². The number of imidazole rings is 1. The van der Waals surface area contributed by atoms with Crippen molar-refractivity contribution in [2.75, 3.05) is 5.75 Å². The molecule has 0 spiro atoms. The molecule has 3 aromatic rings. The summed E-state index contributed by atoms with van der Waals surface area (Å²) in [4.78, 5) is 48.0. The summed E-state index contributed by atoms with van der Waals surface area (Å²) in [5, 5.41) is 1.57. The first-order valence-corrected chi connectivity index (χ1v) is 10.3. The van der Waals surface area contributed by atoms with Gasteiger partial charge in [0.15, 0.2) is 17.3 Å². The van der Waals surface area contributed by atoms with Crippen LogP contribution in [0.3, 0.4) is 0 Å². The second-order valence-corrected chi connectivity index (χ2v) is 7.90. The van der Waals surface area contributed by atoms with Gasteiger partial charge in [0.1, 0.15) is 5.37 Å². The number of carbonyl (C=O) groups excluding carboxylic acids is 3. The number of carbonyl (C=O) groups is 3. The summed E-state index contributed by atoms with van der Waals surface area (Å²) in [6.07, 6.45) is 1.49. The minimum atomic E-state index is -0.414. The molecule has 3 heterocycles. The lowest BCUT2D eigenvalue weighted by molar-refractivity contribution is -0.139. The smallest absolute Gasteiger partial charge is 0.252 e. The second-order valence-electron chi connectivity index (χ2n) is 6.40. The van der Waals surface area contributed by atoms with E-state index in [1.165, 1.54) is 16.8 Å². The SMILES string of the molecule is O=C(CCC(=O)c1nc2ncccc2[nH]1)NN1C(=O)CSC1c1ccc(Cl)cc1. The molecule has 1 aliphatic rings. The van der Waals surface area contributed by atoms with E-state index in [0.717, 1.165) is 5.56 Å². The topological polar surface area (TPSA) is 108 Å². The number of pyridine rings is 1. The number of H-pyrrole nitrogens is 1. The van der Waals surface area contributed by atoms with E-state index in [1.54, 1.807) is 30.5 Å². The first kappa shape index (κ1) is 19.4. The average molecular weight is 430 g/mol. The minimum absolute atomic E-state index is 0.0353. The van der Waals surface area contributed by atoms with Gasteiger partial charge in [0.05, 0.1) is 11.3 Å². The number of hydrogen-bond acceptors (Lipinski definition) is 6. The van der Waals surface area contributed by atoms with Crippen molar-refractivity contribution < 1.29 is 14.4 Å². The molecule has 0 saturated carbocycles. The number of amides is 2. The van der Waals surface area contributed by atoms with Gasteiger partial charge in [-0.25, -0.2) is 15.0 Å². The molecule has 29 heavy (non-hydrogen) atoms. The van der Waals surface area contributed by atoms with Gasteiger partial charge in [-0.05, 0) is 29.8 Å². The minimum Gasteiger partial charge on any atom is -0.334 e. The number of Topliss-reactive ketones (excluding diaryl/α,β-unsaturated/α-hetero) is 1. The first-order chi connectivity index (χ1) is 14.0. The van der Waals surface area contributed by atoms with Crippen LogP contribution >= 0.6 is 23.4 Å². The van der Waals surface area contributed by atoms with Gasteiger partial charge in [0, 0.05) is 24.1 Å². The lowest BCUT2D eigenvalue weighted by Crippen LogP contribution is -2.44. The van der Waals surface area contributed by atoms with Gasteiger partial charge < -0.3 is 4.98 Å². The zero-order valence-electron chi connectivity index (χ0n) is 15.1. The summed E-state index contributed by atoms with van der Waals surface area (Å²) in [6, 6.07) is 10.6. The molecule has 0 aliphatic carbocycles. The van der Waals surface area contributed by atoms with Gasteiger partial charge in [-0.1, -0.05) is 23.7 Å². The van der Waals surface area contributed by atoms with Gasteiger partial charge in [-0.2, -0.15) is 0 Å². The number of fused-ring (bicyclic) bond motifs is 1. The number of hydrazine groups is 1. The molecule has 4 rings (SSSR count). The molecular weight excluding hydrogens is 414 g/mol. The molecule has 2 aromatic heterocycles. The van der Waals surface area contributed by atoms with Crippen LogP contribution in [0.4, 0.5) is 0 Å². The van der Waals surface area contributed by atoms with Crippen LogP contribution in [-0.2, 0) is 9.59 Å². The number of halogens is 1. The number of aromatic nitrogens is 3. The molecular formula is C19H16ClN5O3S. The fourth-order valence-corrected chi connectivity index (χ4v) is 4.17. The molecule has 1 unspecified atom stereocenters. The highest BCUT2D eigenvalue weighted by Crippen LogP contribution is 2.37. The zero-order valence-corrected chi connectivity index (χ0v) is 16.7. The van der Waals surface area contributed by atoms with Crippen LogP contribution in [0.5, 0.6) is 0 Å². The molecule has 0 radical (unpaired) electrons. The van der Waals surface area contributed by atoms with Crippen LogP contribution in [0.25, 0.3) is 11.2 Å². The van der Waals surface area contributed by atoms with Crippen molar-refractivity contribution in [2.24, 2.45) is 0 Å². The Morgan fingerprint density at radius 2 is 2.03 bits per heavy atom. The molecule has 1 aliphatic heterocycles. The third kappa shape index (κ3) is 4.25. The summed E-state index contributed by atoms with van der Waals surface area (Å²) >= 11 is 7.33. The number of nitrogens with one attached hydrogen (secondary N) is 2. The fourth-order valence-electron chi connectivity index (χ4n) is 2.93. The standard InChI is InChI=1S/C19H16ClN5O3S/c20-12-5-3-11(4-6-12)19-25(16(28)10-29-19)24-15(27)8-7-14(26)18-22-13-2-1-9-21-17(13)23-18/h1-6,9,19H,7-8,10H2,(H,24,27)(H,21,22,23). The van der Waals surface area contributed by atoms with E-state index in [0.29, 0.717) is 16.2 Å².